The maximum atomic E-state index is 6.80. The molecule has 0 aliphatic rings. The van der Waals surface area contributed by atoms with Crippen molar-refractivity contribution < 1.29 is 9.07 Å². The lowest BCUT2D eigenvalue weighted by atomic mass is 9.55. The van der Waals surface area contributed by atoms with Crippen molar-refractivity contribution in [2.75, 3.05) is 0 Å². The number of fused-ring (bicyclic) bond motifs is 2. The van der Waals surface area contributed by atoms with Gasteiger partial charge in [-0.2, -0.15) is 0 Å². The second-order valence-corrected chi connectivity index (χ2v) is 8.47. The number of hydrogen-bond donors (Lipinski definition) is 0. The molecule has 0 unspecified atom stereocenters. The summed E-state index contributed by atoms with van der Waals surface area (Å²) in [7, 11) is 0. The first kappa shape index (κ1) is 20.3. The minimum Gasteiger partial charge on any atom is -0.551 e. The third-order valence-electron chi connectivity index (χ3n) is 6.10. The predicted octanol–water partition coefficient (Wildman–Crippen LogP) is 6.14. The number of hydrogen-bond acceptors (Lipinski definition) is 3. The van der Waals surface area contributed by atoms with Crippen LogP contribution in [0.5, 0.6) is 5.75 Å². The number of rotatable bonds is 5. The van der Waals surface area contributed by atoms with Crippen LogP contribution in [0.4, 0.5) is 0 Å². The van der Waals surface area contributed by atoms with Crippen LogP contribution >= 0.6 is 0 Å². The minimum absolute atomic E-state index is 0.270. The summed E-state index contributed by atoms with van der Waals surface area (Å²) in [6.07, 6.45) is 0. The lowest BCUT2D eigenvalue weighted by Crippen LogP contribution is -2.47. The molecule has 0 spiro atoms. The van der Waals surface area contributed by atoms with E-state index in [9.17, 15) is 0 Å². The smallest absolute Gasteiger partial charge is 0.426 e. The van der Waals surface area contributed by atoms with Crippen LogP contribution < -0.4 is 15.6 Å². The maximum Gasteiger partial charge on any atom is 0.426 e. The first-order valence-corrected chi connectivity index (χ1v) is 11.4. The van der Waals surface area contributed by atoms with Crippen molar-refractivity contribution in [2.45, 2.75) is 6.92 Å². The fourth-order valence-electron chi connectivity index (χ4n) is 4.43. The summed E-state index contributed by atoms with van der Waals surface area (Å²) in [4.78, 5) is 4.86. The number of aryl methyl sites for hydroxylation is 1. The SMILES string of the molecule is Cc1ccc2oc(-c3c(OB(c4ccccc4)c4ccccc4)ccc4ccccc34)nc2c1. The van der Waals surface area contributed by atoms with Gasteiger partial charge in [0.1, 0.15) is 11.3 Å². The molecule has 0 saturated heterocycles. The van der Waals surface area contributed by atoms with Crippen molar-refractivity contribution in [3.05, 3.63) is 121 Å². The van der Waals surface area contributed by atoms with E-state index in [0.717, 1.165) is 49.7 Å². The van der Waals surface area contributed by atoms with Gasteiger partial charge in [-0.05, 0) is 52.4 Å². The number of benzene rings is 5. The number of nitrogens with zero attached hydrogens (tertiary/aromatic N) is 1. The van der Waals surface area contributed by atoms with Crippen LogP contribution in [-0.4, -0.2) is 11.9 Å². The summed E-state index contributed by atoms with van der Waals surface area (Å²) in [5.74, 6) is 1.30. The Kier molecular flexibility index (Phi) is 5.12. The average Bonchev–Trinajstić information content (AvgIpc) is 3.30. The van der Waals surface area contributed by atoms with Crippen molar-refractivity contribution in [1.29, 1.82) is 0 Å². The molecule has 0 bridgehead atoms. The second kappa shape index (κ2) is 8.56. The van der Waals surface area contributed by atoms with E-state index in [2.05, 4.69) is 49.4 Å². The van der Waals surface area contributed by atoms with Gasteiger partial charge in [0.2, 0.25) is 5.89 Å². The van der Waals surface area contributed by atoms with Gasteiger partial charge < -0.3 is 9.07 Å². The average molecular weight is 439 g/mol. The van der Waals surface area contributed by atoms with E-state index in [1.807, 2.05) is 72.8 Å². The third-order valence-corrected chi connectivity index (χ3v) is 6.10. The Bertz CT molecular complexity index is 1550. The fourth-order valence-corrected chi connectivity index (χ4v) is 4.43. The Balaban J connectivity index is 1.55. The van der Waals surface area contributed by atoms with E-state index in [1.165, 1.54) is 0 Å². The van der Waals surface area contributed by atoms with Gasteiger partial charge >= 0.3 is 6.92 Å². The lowest BCUT2D eigenvalue weighted by molar-refractivity contribution is 0.581. The maximum absolute atomic E-state index is 6.80. The first-order chi connectivity index (χ1) is 16.8. The molecule has 6 rings (SSSR count). The van der Waals surface area contributed by atoms with E-state index < -0.39 is 0 Å². The molecule has 0 amide bonds. The zero-order valence-electron chi connectivity index (χ0n) is 18.8. The summed E-state index contributed by atoms with van der Waals surface area (Å²) in [5.41, 5.74) is 5.79. The topological polar surface area (TPSA) is 35.3 Å². The molecule has 6 aromatic rings. The molecule has 162 valence electrons. The van der Waals surface area contributed by atoms with Gasteiger partial charge in [0, 0.05) is 0 Å². The molecule has 0 fully saturated rings. The fraction of sp³-hybridized carbons (Fsp3) is 0.0333. The van der Waals surface area contributed by atoms with Gasteiger partial charge in [-0.1, -0.05) is 97.1 Å². The van der Waals surface area contributed by atoms with Crippen LogP contribution in [0, 0.1) is 6.92 Å². The van der Waals surface area contributed by atoms with Gasteiger partial charge in [-0.15, -0.1) is 0 Å². The van der Waals surface area contributed by atoms with Crippen LogP contribution in [0.15, 0.2) is 120 Å². The molecule has 1 aromatic heterocycles. The van der Waals surface area contributed by atoms with E-state index in [1.54, 1.807) is 0 Å². The first-order valence-electron chi connectivity index (χ1n) is 11.4. The van der Waals surface area contributed by atoms with E-state index >= 15 is 0 Å². The summed E-state index contributed by atoms with van der Waals surface area (Å²) in [6, 6.07) is 39.0. The van der Waals surface area contributed by atoms with Crippen molar-refractivity contribution in [2.24, 2.45) is 0 Å². The molecule has 0 radical (unpaired) electrons. The normalized spacial score (nSPS) is 11.1. The molecule has 5 aromatic carbocycles. The largest absolute Gasteiger partial charge is 0.551 e. The Morgan fingerprint density at radius 1 is 0.706 bits per heavy atom. The summed E-state index contributed by atoms with van der Waals surface area (Å²) < 4.78 is 13.1. The van der Waals surface area contributed by atoms with Crippen LogP contribution in [-0.2, 0) is 0 Å². The highest BCUT2D eigenvalue weighted by Gasteiger charge is 2.26. The van der Waals surface area contributed by atoms with Gasteiger partial charge in [0.25, 0.3) is 0 Å². The van der Waals surface area contributed by atoms with Crippen molar-refractivity contribution in [3.63, 3.8) is 0 Å². The van der Waals surface area contributed by atoms with E-state index in [-0.39, 0.29) is 6.92 Å². The summed E-state index contributed by atoms with van der Waals surface area (Å²) in [6.45, 7) is 1.79. The zero-order valence-corrected chi connectivity index (χ0v) is 18.8. The van der Waals surface area contributed by atoms with E-state index in [4.69, 9.17) is 14.1 Å². The van der Waals surface area contributed by atoms with Crippen molar-refractivity contribution in [1.82, 2.24) is 4.98 Å². The molecular formula is C30H22BNO2. The molecular weight excluding hydrogens is 417 g/mol. The minimum atomic E-state index is -0.270. The molecule has 3 nitrogen and oxygen atoms in total. The number of oxazole rings is 1. The molecule has 0 N–H and O–H groups in total. The van der Waals surface area contributed by atoms with Gasteiger partial charge in [-0.25, -0.2) is 4.98 Å². The van der Waals surface area contributed by atoms with Crippen LogP contribution in [0.1, 0.15) is 5.56 Å². The van der Waals surface area contributed by atoms with E-state index in [0.29, 0.717) is 5.89 Å². The summed E-state index contributed by atoms with van der Waals surface area (Å²) in [5, 5.41) is 2.16. The summed E-state index contributed by atoms with van der Waals surface area (Å²) >= 11 is 0. The van der Waals surface area contributed by atoms with Crippen LogP contribution in [0.3, 0.4) is 0 Å². The highest BCUT2D eigenvalue weighted by molar-refractivity contribution is 6.80. The third kappa shape index (κ3) is 3.73. The highest BCUT2D eigenvalue weighted by Crippen LogP contribution is 2.38. The molecule has 0 aliphatic heterocycles. The molecule has 1 heterocycles. The Morgan fingerprint density at radius 2 is 1.38 bits per heavy atom. The number of aromatic nitrogens is 1. The quantitative estimate of drug-likeness (QED) is 0.303. The zero-order chi connectivity index (χ0) is 22.9. The second-order valence-electron chi connectivity index (χ2n) is 8.47. The molecule has 0 saturated carbocycles. The Labute approximate surface area is 198 Å². The van der Waals surface area contributed by atoms with Crippen LogP contribution in [0.2, 0.25) is 0 Å². The van der Waals surface area contributed by atoms with Crippen LogP contribution in [0.25, 0.3) is 33.3 Å². The predicted molar refractivity (Wildman–Crippen MR) is 140 cm³/mol. The lowest BCUT2D eigenvalue weighted by Gasteiger charge is -2.19. The standard InChI is InChI=1S/C30H22BNO2/c1-21-16-18-27-26(20-21)32-30(33-27)29-25-15-9-8-10-22(25)17-19-28(29)34-31(23-11-4-2-5-12-23)24-13-6-3-7-14-24/h2-20H,1H3. The molecule has 34 heavy (non-hydrogen) atoms. The molecule has 4 heteroatoms. The monoisotopic (exact) mass is 439 g/mol. The van der Waals surface area contributed by atoms with Gasteiger partial charge in [0.15, 0.2) is 5.58 Å². The molecule has 0 atom stereocenters. The Hall–Kier alpha value is -4.31. The van der Waals surface area contributed by atoms with Gasteiger partial charge in [0.05, 0.1) is 5.56 Å². The van der Waals surface area contributed by atoms with Crippen molar-refractivity contribution in [3.8, 4) is 17.2 Å². The van der Waals surface area contributed by atoms with Gasteiger partial charge in [-0.3, -0.25) is 0 Å². The van der Waals surface area contributed by atoms with Crippen molar-refractivity contribution >= 4 is 39.7 Å². The highest BCUT2D eigenvalue weighted by atomic mass is 16.4. The Morgan fingerprint density at radius 3 is 2.12 bits per heavy atom. The molecule has 0 aliphatic carbocycles.